The predicted octanol–water partition coefficient (Wildman–Crippen LogP) is 1.68. The first-order chi connectivity index (χ1) is 11.4. The lowest BCUT2D eigenvalue weighted by atomic mass is 9.99. The zero-order chi connectivity index (χ0) is 17.4. The maximum atomic E-state index is 12.7. The molecule has 2 aromatic rings. The molecule has 3 rings (SSSR count). The number of carboxylic acid groups (broad SMARTS) is 1. The van der Waals surface area contributed by atoms with Gasteiger partial charge >= 0.3 is 5.97 Å². The van der Waals surface area contributed by atoms with Crippen LogP contribution in [0, 0.1) is 25.7 Å². The van der Waals surface area contributed by atoms with Crippen molar-refractivity contribution < 1.29 is 14.7 Å². The summed E-state index contributed by atoms with van der Waals surface area (Å²) in [7, 11) is 0. The van der Waals surface area contributed by atoms with Crippen LogP contribution >= 0.6 is 0 Å². The van der Waals surface area contributed by atoms with E-state index in [1.807, 2.05) is 38.1 Å². The summed E-state index contributed by atoms with van der Waals surface area (Å²) < 4.78 is 1.63. The van der Waals surface area contributed by atoms with Crippen LogP contribution in [-0.4, -0.2) is 50.0 Å². The van der Waals surface area contributed by atoms with E-state index in [0.29, 0.717) is 12.2 Å². The lowest BCUT2D eigenvalue weighted by Gasteiger charge is -2.14. The third-order valence-corrected chi connectivity index (χ3v) is 4.56. The Balaban J connectivity index is 1.86. The Hall–Kier alpha value is -2.70. The molecule has 0 spiro atoms. The van der Waals surface area contributed by atoms with Gasteiger partial charge in [0.1, 0.15) is 0 Å². The number of carbonyl (C=O) groups is 2. The molecule has 0 saturated carbocycles. The number of likely N-dealkylation sites (tertiary alicyclic amines) is 1. The van der Waals surface area contributed by atoms with E-state index >= 15 is 0 Å². The number of aromatic nitrogens is 3. The molecular weight excluding hydrogens is 308 g/mol. The van der Waals surface area contributed by atoms with Gasteiger partial charge in [0, 0.05) is 13.1 Å². The summed E-state index contributed by atoms with van der Waals surface area (Å²) in [6.45, 7) is 6.27. The van der Waals surface area contributed by atoms with Crippen molar-refractivity contribution in [2.75, 3.05) is 13.1 Å². The van der Waals surface area contributed by atoms with Crippen molar-refractivity contribution >= 4 is 11.9 Å². The van der Waals surface area contributed by atoms with Crippen molar-refractivity contribution in [3.63, 3.8) is 0 Å². The zero-order valence-electron chi connectivity index (χ0n) is 13.9. The second-order valence-electron chi connectivity index (χ2n) is 6.41. The number of aliphatic carboxylic acids is 1. The van der Waals surface area contributed by atoms with Crippen LogP contribution in [0.4, 0.5) is 0 Å². The molecule has 1 aromatic heterocycles. The summed E-state index contributed by atoms with van der Waals surface area (Å²) in [5.74, 6) is -1.72. The quantitative estimate of drug-likeness (QED) is 0.926. The summed E-state index contributed by atoms with van der Waals surface area (Å²) in [4.78, 5) is 25.5. The fraction of sp³-hybridized carbons (Fsp3) is 0.412. The van der Waals surface area contributed by atoms with Gasteiger partial charge in [-0.25, -0.2) is 4.68 Å². The van der Waals surface area contributed by atoms with Crippen molar-refractivity contribution in [3.8, 4) is 5.69 Å². The molecule has 0 radical (unpaired) electrons. The normalized spacial score (nSPS) is 20.4. The molecule has 0 bridgehead atoms. The van der Waals surface area contributed by atoms with E-state index in [1.54, 1.807) is 16.5 Å². The second-order valence-corrected chi connectivity index (χ2v) is 6.41. The molecular formula is C17H20N4O3. The highest BCUT2D eigenvalue weighted by atomic mass is 16.4. The van der Waals surface area contributed by atoms with Gasteiger partial charge in [0.15, 0.2) is 5.69 Å². The van der Waals surface area contributed by atoms with Crippen LogP contribution in [0.1, 0.15) is 28.7 Å². The molecule has 0 aliphatic carbocycles. The summed E-state index contributed by atoms with van der Waals surface area (Å²) >= 11 is 0. The molecule has 1 amide bonds. The Labute approximate surface area is 139 Å². The SMILES string of the molecule is Cc1cccc(-n2nnc(C(=O)N3C[C@@H](C)[C@H](C(=O)O)C3)c2C)c1. The molecule has 7 heteroatoms. The number of hydrogen-bond donors (Lipinski definition) is 1. The molecule has 1 aliphatic heterocycles. The molecule has 126 valence electrons. The fourth-order valence-electron chi connectivity index (χ4n) is 3.14. The molecule has 1 saturated heterocycles. The number of carboxylic acids is 1. The van der Waals surface area contributed by atoms with E-state index in [2.05, 4.69) is 10.3 Å². The van der Waals surface area contributed by atoms with Crippen molar-refractivity contribution in [1.29, 1.82) is 0 Å². The standard InChI is InChI=1S/C17H20N4O3/c1-10-5-4-6-13(7-10)21-12(3)15(18-19-21)16(22)20-8-11(2)14(9-20)17(23)24/h4-7,11,14H,8-9H2,1-3H3,(H,23,24)/t11-,14-/m1/s1. The Morgan fingerprint density at radius 3 is 2.62 bits per heavy atom. The highest BCUT2D eigenvalue weighted by Gasteiger charge is 2.38. The van der Waals surface area contributed by atoms with Crippen LogP contribution in [0.5, 0.6) is 0 Å². The van der Waals surface area contributed by atoms with Gasteiger partial charge < -0.3 is 10.0 Å². The van der Waals surface area contributed by atoms with Crippen molar-refractivity contribution in [2.24, 2.45) is 11.8 Å². The van der Waals surface area contributed by atoms with Gasteiger partial charge in [0.2, 0.25) is 0 Å². The number of nitrogens with zero attached hydrogens (tertiary/aromatic N) is 4. The smallest absolute Gasteiger partial charge is 0.308 e. The number of amides is 1. The zero-order valence-corrected chi connectivity index (χ0v) is 13.9. The number of rotatable bonds is 3. The maximum absolute atomic E-state index is 12.7. The van der Waals surface area contributed by atoms with Crippen LogP contribution in [0.25, 0.3) is 5.69 Å². The van der Waals surface area contributed by atoms with Gasteiger partial charge in [-0.1, -0.05) is 24.3 Å². The molecule has 0 unspecified atom stereocenters. The van der Waals surface area contributed by atoms with Gasteiger partial charge in [-0.05, 0) is 37.5 Å². The number of carbonyl (C=O) groups excluding carboxylic acids is 1. The highest BCUT2D eigenvalue weighted by Crippen LogP contribution is 2.25. The molecule has 24 heavy (non-hydrogen) atoms. The van der Waals surface area contributed by atoms with Gasteiger partial charge in [-0.3, -0.25) is 9.59 Å². The Kier molecular flexibility index (Phi) is 4.09. The topological polar surface area (TPSA) is 88.3 Å². The fourth-order valence-corrected chi connectivity index (χ4v) is 3.14. The van der Waals surface area contributed by atoms with Gasteiger partial charge in [-0.2, -0.15) is 0 Å². The molecule has 2 atom stereocenters. The molecule has 7 nitrogen and oxygen atoms in total. The van der Waals surface area contributed by atoms with Crippen LogP contribution in [0.15, 0.2) is 24.3 Å². The van der Waals surface area contributed by atoms with Crippen LogP contribution in [0.2, 0.25) is 0 Å². The lowest BCUT2D eigenvalue weighted by molar-refractivity contribution is -0.142. The number of aryl methyl sites for hydroxylation is 1. The summed E-state index contributed by atoms with van der Waals surface area (Å²) in [6, 6.07) is 7.78. The first-order valence-corrected chi connectivity index (χ1v) is 7.90. The summed E-state index contributed by atoms with van der Waals surface area (Å²) in [6.07, 6.45) is 0. The molecule has 1 fully saturated rings. The average molecular weight is 328 g/mol. The third-order valence-electron chi connectivity index (χ3n) is 4.56. The van der Waals surface area contributed by atoms with E-state index in [1.165, 1.54) is 0 Å². The molecule has 1 aliphatic rings. The van der Waals surface area contributed by atoms with E-state index in [-0.39, 0.29) is 24.1 Å². The average Bonchev–Trinajstić information content (AvgIpc) is 3.10. The van der Waals surface area contributed by atoms with E-state index in [0.717, 1.165) is 11.3 Å². The molecule has 1 N–H and O–H groups in total. The van der Waals surface area contributed by atoms with E-state index < -0.39 is 11.9 Å². The predicted molar refractivity (Wildman–Crippen MR) is 87.0 cm³/mol. The van der Waals surface area contributed by atoms with Crippen molar-refractivity contribution in [1.82, 2.24) is 19.9 Å². The summed E-state index contributed by atoms with van der Waals surface area (Å²) in [5.41, 5.74) is 2.86. The minimum atomic E-state index is -0.863. The Bertz CT molecular complexity index is 799. The maximum Gasteiger partial charge on any atom is 0.308 e. The first kappa shape index (κ1) is 16.2. The highest BCUT2D eigenvalue weighted by molar-refractivity contribution is 5.94. The number of hydrogen-bond acceptors (Lipinski definition) is 4. The van der Waals surface area contributed by atoms with Crippen LogP contribution in [-0.2, 0) is 4.79 Å². The van der Waals surface area contributed by atoms with Crippen LogP contribution < -0.4 is 0 Å². The molecule has 1 aromatic carbocycles. The van der Waals surface area contributed by atoms with Gasteiger partial charge in [0.05, 0.1) is 17.3 Å². The van der Waals surface area contributed by atoms with E-state index in [9.17, 15) is 14.7 Å². The molecule has 2 heterocycles. The van der Waals surface area contributed by atoms with Gasteiger partial charge in [0.25, 0.3) is 5.91 Å². The summed E-state index contributed by atoms with van der Waals surface area (Å²) in [5, 5.41) is 17.3. The van der Waals surface area contributed by atoms with Crippen molar-refractivity contribution in [3.05, 3.63) is 41.2 Å². The first-order valence-electron chi connectivity index (χ1n) is 7.90. The monoisotopic (exact) mass is 328 g/mol. The Morgan fingerprint density at radius 2 is 2.00 bits per heavy atom. The minimum absolute atomic E-state index is 0.0708. The van der Waals surface area contributed by atoms with E-state index in [4.69, 9.17) is 0 Å². The third kappa shape index (κ3) is 2.77. The largest absolute Gasteiger partial charge is 0.481 e. The second kappa shape index (κ2) is 6.07. The van der Waals surface area contributed by atoms with Crippen molar-refractivity contribution in [2.45, 2.75) is 20.8 Å². The van der Waals surface area contributed by atoms with Gasteiger partial charge in [-0.15, -0.1) is 5.10 Å². The minimum Gasteiger partial charge on any atom is -0.481 e. The Morgan fingerprint density at radius 1 is 1.25 bits per heavy atom. The van der Waals surface area contributed by atoms with Crippen LogP contribution in [0.3, 0.4) is 0 Å². The lowest BCUT2D eigenvalue weighted by Crippen LogP contribution is -2.30. The number of benzene rings is 1.